The number of carbonyl (C=O) groups excluding carboxylic acids is 2. The van der Waals surface area contributed by atoms with Gasteiger partial charge in [0, 0.05) is 5.56 Å². The largest absolute Gasteiger partial charge is 0.484 e. The molecule has 1 heterocycles. The summed E-state index contributed by atoms with van der Waals surface area (Å²) in [5, 5.41) is 1.14. The van der Waals surface area contributed by atoms with Gasteiger partial charge in [-0.2, -0.15) is 5.01 Å². The molecule has 1 N–H and O–H groups in total. The summed E-state index contributed by atoms with van der Waals surface area (Å²) in [5.74, 6) is -0.00347. The monoisotopic (exact) mass is 397 g/mol. The average Bonchev–Trinajstić information content (AvgIpc) is 2.80. The van der Waals surface area contributed by atoms with Crippen LogP contribution in [0.4, 0.5) is 0 Å². The number of amides is 2. The molecule has 0 spiro atoms. The second-order valence-corrected chi connectivity index (χ2v) is 6.51. The Morgan fingerprint density at radius 1 is 0.900 bits per heavy atom. The number of nitrogens with zero attached hydrogens (tertiary/aromatic N) is 2. The molecule has 0 bridgehead atoms. The molecule has 0 unspecified atom stereocenters. The SMILES string of the molecule is O=C1NN(C(=O)COc2ccccc2)C(c2ccccc2)=N/C1=C/c1ccccc1. The summed E-state index contributed by atoms with van der Waals surface area (Å²) in [6, 6.07) is 27.7. The van der Waals surface area contributed by atoms with Crippen molar-refractivity contribution in [2.24, 2.45) is 4.99 Å². The maximum absolute atomic E-state index is 12.9. The van der Waals surface area contributed by atoms with Crippen LogP contribution in [0.15, 0.2) is 102 Å². The number of benzene rings is 3. The van der Waals surface area contributed by atoms with Crippen molar-refractivity contribution < 1.29 is 14.3 Å². The Morgan fingerprint density at radius 2 is 1.50 bits per heavy atom. The zero-order valence-electron chi connectivity index (χ0n) is 16.1. The Balaban J connectivity index is 1.64. The van der Waals surface area contributed by atoms with Crippen LogP contribution in [-0.4, -0.2) is 29.3 Å². The Hall–Kier alpha value is -4.19. The van der Waals surface area contributed by atoms with Crippen molar-refractivity contribution in [1.82, 2.24) is 10.4 Å². The van der Waals surface area contributed by atoms with E-state index >= 15 is 0 Å². The highest BCUT2D eigenvalue weighted by Crippen LogP contribution is 2.17. The van der Waals surface area contributed by atoms with E-state index in [-0.39, 0.29) is 12.3 Å². The zero-order chi connectivity index (χ0) is 20.8. The van der Waals surface area contributed by atoms with E-state index in [0.717, 1.165) is 10.6 Å². The third-order valence-corrected chi connectivity index (χ3v) is 4.37. The van der Waals surface area contributed by atoms with Crippen LogP contribution in [0, 0.1) is 0 Å². The smallest absolute Gasteiger partial charge is 0.288 e. The van der Waals surface area contributed by atoms with Gasteiger partial charge in [-0.25, -0.2) is 4.99 Å². The summed E-state index contributed by atoms with van der Waals surface area (Å²) in [6.07, 6.45) is 1.68. The fraction of sp³-hybridized carbons (Fsp3) is 0.0417. The van der Waals surface area contributed by atoms with Gasteiger partial charge in [0.15, 0.2) is 12.4 Å². The highest BCUT2D eigenvalue weighted by molar-refractivity contribution is 6.15. The summed E-state index contributed by atoms with van der Waals surface area (Å²) in [7, 11) is 0. The Labute approximate surface area is 174 Å². The van der Waals surface area contributed by atoms with Crippen LogP contribution in [0.1, 0.15) is 11.1 Å². The lowest BCUT2D eigenvalue weighted by molar-refractivity contribution is -0.137. The molecule has 3 aromatic rings. The number of aliphatic imine (C=N–C) groups is 1. The van der Waals surface area contributed by atoms with Gasteiger partial charge >= 0.3 is 0 Å². The molecule has 0 saturated carbocycles. The first-order valence-electron chi connectivity index (χ1n) is 9.43. The number of hydrogen-bond donors (Lipinski definition) is 1. The van der Waals surface area contributed by atoms with Crippen LogP contribution >= 0.6 is 0 Å². The number of para-hydroxylation sites is 1. The van der Waals surface area contributed by atoms with Gasteiger partial charge in [0.1, 0.15) is 11.4 Å². The van der Waals surface area contributed by atoms with Crippen molar-refractivity contribution in [1.29, 1.82) is 0 Å². The summed E-state index contributed by atoms with van der Waals surface area (Å²) in [5.41, 5.74) is 4.39. The van der Waals surface area contributed by atoms with Crippen molar-refractivity contribution in [3.05, 3.63) is 108 Å². The van der Waals surface area contributed by atoms with Gasteiger partial charge in [0.05, 0.1) is 0 Å². The van der Waals surface area contributed by atoms with Crippen LogP contribution in [0.5, 0.6) is 5.75 Å². The topological polar surface area (TPSA) is 71.0 Å². The van der Waals surface area contributed by atoms with Crippen LogP contribution in [0.25, 0.3) is 6.08 Å². The van der Waals surface area contributed by atoms with E-state index in [0.29, 0.717) is 17.1 Å². The minimum Gasteiger partial charge on any atom is -0.484 e. The predicted molar refractivity (Wildman–Crippen MR) is 114 cm³/mol. The molecule has 6 nitrogen and oxygen atoms in total. The third-order valence-electron chi connectivity index (χ3n) is 4.37. The third kappa shape index (κ3) is 4.44. The maximum Gasteiger partial charge on any atom is 0.288 e. The van der Waals surface area contributed by atoms with Gasteiger partial charge in [0.2, 0.25) is 0 Å². The van der Waals surface area contributed by atoms with Crippen LogP contribution in [-0.2, 0) is 9.59 Å². The molecule has 1 aliphatic heterocycles. The number of hydrazine groups is 1. The first-order chi connectivity index (χ1) is 14.7. The summed E-state index contributed by atoms with van der Waals surface area (Å²) in [6.45, 7) is -0.242. The molecular formula is C24H19N3O3. The number of rotatable bonds is 5. The van der Waals surface area contributed by atoms with Gasteiger partial charge in [-0.3, -0.25) is 15.0 Å². The quantitative estimate of drug-likeness (QED) is 0.671. The number of nitrogens with one attached hydrogen (secondary N) is 1. The van der Waals surface area contributed by atoms with Crippen molar-refractivity contribution in [3.63, 3.8) is 0 Å². The van der Waals surface area contributed by atoms with Crippen molar-refractivity contribution in [2.45, 2.75) is 0 Å². The number of ether oxygens (including phenoxy) is 1. The summed E-state index contributed by atoms with van der Waals surface area (Å²) >= 11 is 0. The maximum atomic E-state index is 12.9. The molecule has 148 valence electrons. The Bertz CT molecular complexity index is 1090. The normalized spacial score (nSPS) is 14.8. The van der Waals surface area contributed by atoms with Gasteiger partial charge < -0.3 is 4.74 Å². The first-order valence-corrected chi connectivity index (χ1v) is 9.43. The second kappa shape index (κ2) is 8.87. The molecule has 0 fully saturated rings. The molecule has 0 aliphatic carbocycles. The molecule has 1 aliphatic rings. The minimum absolute atomic E-state index is 0.216. The Kier molecular flexibility index (Phi) is 5.66. The number of amidine groups is 1. The van der Waals surface area contributed by atoms with Crippen molar-refractivity contribution >= 4 is 23.7 Å². The second-order valence-electron chi connectivity index (χ2n) is 6.51. The highest BCUT2D eigenvalue weighted by Gasteiger charge is 2.30. The van der Waals surface area contributed by atoms with Crippen molar-refractivity contribution in [3.8, 4) is 5.75 Å². The standard InChI is InChI=1S/C24H19N3O3/c28-22(17-30-20-14-8-3-9-15-20)27-23(19-12-6-2-7-13-19)25-21(24(29)26-27)16-18-10-4-1-5-11-18/h1-16H,17H2,(H,26,29)/b21-16+. The van der Waals surface area contributed by atoms with E-state index < -0.39 is 11.8 Å². The zero-order valence-corrected chi connectivity index (χ0v) is 16.1. The molecule has 6 heteroatoms. The van der Waals surface area contributed by atoms with Crippen LogP contribution < -0.4 is 10.2 Å². The first kappa shape index (κ1) is 19.1. The van der Waals surface area contributed by atoms with Gasteiger partial charge in [-0.1, -0.05) is 78.9 Å². The van der Waals surface area contributed by atoms with E-state index in [4.69, 9.17) is 4.74 Å². The van der Waals surface area contributed by atoms with E-state index in [1.54, 1.807) is 18.2 Å². The van der Waals surface area contributed by atoms with Crippen LogP contribution in [0.3, 0.4) is 0 Å². The molecule has 0 radical (unpaired) electrons. The van der Waals surface area contributed by atoms with E-state index in [1.807, 2.05) is 78.9 Å². The molecule has 3 aromatic carbocycles. The lowest BCUT2D eigenvalue weighted by atomic mass is 10.1. The molecule has 4 rings (SSSR count). The average molecular weight is 397 g/mol. The van der Waals surface area contributed by atoms with Gasteiger partial charge in [0.25, 0.3) is 11.8 Å². The highest BCUT2D eigenvalue weighted by atomic mass is 16.5. The number of hydrogen-bond acceptors (Lipinski definition) is 4. The minimum atomic E-state index is -0.466. The fourth-order valence-electron chi connectivity index (χ4n) is 2.92. The molecule has 0 aromatic heterocycles. The van der Waals surface area contributed by atoms with Gasteiger partial charge in [-0.15, -0.1) is 0 Å². The molecule has 2 amide bonds. The predicted octanol–water partition coefficient (Wildman–Crippen LogP) is 3.43. The van der Waals surface area contributed by atoms with E-state index in [9.17, 15) is 9.59 Å². The lowest BCUT2D eigenvalue weighted by Gasteiger charge is -2.28. The van der Waals surface area contributed by atoms with E-state index in [1.165, 1.54) is 0 Å². The summed E-state index contributed by atoms with van der Waals surface area (Å²) in [4.78, 5) is 30.0. The molecule has 30 heavy (non-hydrogen) atoms. The fourth-order valence-corrected chi connectivity index (χ4v) is 2.92. The number of carbonyl (C=O) groups is 2. The summed E-state index contributed by atoms with van der Waals surface area (Å²) < 4.78 is 5.55. The Morgan fingerprint density at radius 3 is 2.17 bits per heavy atom. The van der Waals surface area contributed by atoms with E-state index in [2.05, 4.69) is 10.4 Å². The van der Waals surface area contributed by atoms with Crippen LogP contribution in [0.2, 0.25) is 0 Å². The molecule has 0 saturated heterocycles. The molecular weight excluding hydrogens is 378 g/mol. The van der Waals surface area contributed by atoms with Crippen molar-refractivity contribution in [2.75, 3.05) is 6.61 Å². The molecule has 0 atom stereocenters. The lowest BCUT2D eigenvalue weighted by Crippen LogP contribution is -2.54. The van der Waals surface area contributed by atoms with Gasteiger partial charge in [-0.05, 0) is 23.8 Å².